The van der Waals surface area contributed by atoms with E-state index in [9.17, 15) is 9.59 Å². The second-order valence-electron chi connectivity index (χ2n) is 6.98. The first-order chi connectivity index (χ1) is 9.85. The van der Waals surface area contributed by atoms with Crippen molar-refractivity contribution in [1.29, 1.82) is 0 Å². The van der Waals surface area contributed by atoms with E-state index in [0.717, 1.165) is 32.1 Å². The molecule has 0 bridgehead atoms. The summed E-state index contributed by atoms with van der Waals surface area (Å²) in [5, 5.41) is 0. The molecule has 0 aliphatic heterocycles. The number of carbonyl (C=O) groups excluding carboxylic acids is 2. The molecule has 0 atom stereocenters. The SMILES string of the molecule is CC(C)(CCCN)C(=O)OC(=O)CC1(CN)CCCCC1. The minimum Gasteiger partial charge on any atom is -0.393 e. The highest BCUT2D eigenvalue weighted by Gasteiger charge is 2.36. The maximum Gasteiger partial charge on any atom is 0.319 e. The van der Waals surface area contributed by atoms with Crippen LogP contribution in [-0.2, 0) is 14.3 Å². The van der Waals surface area contributed by atoms with Gasteiger partial charge in [0.25, 0.3) is 0 Å². The summed E-state index contributed by atoms with van der Waals surface area (Å²) in [5.41, 5.74) is 10.5. The van der Waals surface area contributed by atoms with Crippen LogP contribution in [0, 0.1) is 10.8 Å². The molecule has 1 rings (SSSR count). The highest BCUT2D eigenvalue weighted by atomic mass is 16.6. The number of ether oxygens (including phenoxy) is 1. The predicted molar refractivity (Wildman–Crippen MR) is 82.4 cm³/mol. The third-order valence-electron chi connectivity index (χ3n) is 4.63. The van der Waals surface area contributed by atoms with Crippen LogP contribution in [0.2, 0.25) is 0 Å². The fourth-order valence-electron chi connectivity index (χ4n) is 2.98. The highest BCUT2D eigenvalue weighted by Crippen LogP contribution is 2.38. The molecule has 0 aromatic carbocycles. The minimum atomic E-state index is -0.669. The molecule has 0 spiro atoms. The van der Waals surface area contributed by atoms with Gasteiger partial charge in [-0.25, -0.2) is 0 Å². The zero-order chi connectivity index (χ0) is 15.9. The summed E-state index contributed by atoms with van der Waals surface area (Å²) < 4.78 is 5.07. The van der Waals surface area contributed by atoms with E-state index >= 15 is 0 Å². The molecule has 0 radical (unpaired) electrons. The van der Waals surface area contributed by atoms with Crippen molar-refractivity contribution < 1.29 is 14.3 Å². The molecule has 5 nitrogen and oxygen atoms in total. The number of rotatable bonds is 7. The van der Waals surface area contributed by atoms with Crippen LogP contribution in [0.1, 0.15) is 65.2 Å². The van der Waals surface area contributed by atoms with Crippen LogP contribution < -0.4 is 11.5 Å². The molecule has 0 saturated heterocycles. The number of hydrogen-bond donors (Lipinski definition) is 2. The van der Waals surface area contributed by atoms with Gasteiger partial charge in [-0.05, 0) is 58.0 Å². The van der Waals surface area contributed by atoms with E-state index in [0.29, 0.717) is 19.5 Å². The lowest BCUT2D eigenvalue weighted by Gasteiger charge is -2.35. The number of esters is 2. The van der Waals surface area contributed by atoms with Crippen molar-refractivity contribution in [3.63, 3.8) is 0 Å². The molecule has 0 unspecified atom stereocenters. The van der Waals surface area contributed by atoms with Crippen LogP contribution in [0.15, 0.2) is 0 Å². The quantitative estimate of drug-likeness (QED) is 0.554. The molecule has 0 heterocycles. The minimum absolute atomic E-state index is 0.170. The van der Waals surface area contributed by atoms with Gasteiger partial charge in [-0.3, -0.25) is 9.59 Å². The van der Waals surface area contributed by atoms with Crippen molar-refractivity contribution in [2.45, 2.75) is 65.2 Å². The summed E-state index contributed by atoms with van der Waals surface area (Å²) >= 11 is 0. The second kappa shape index (κ2) is 7.90. The number of carbonyl (C=O) groups is 2. The van der Waals surface area contributed by atoms with E-state index in [1.165, 1.54) is 6.42 Å². The van der Waals surface area contributed by atoms with Crippen molar-refractivity contribution in [3.8, 4) is 0 Å². The lowest BCUT2D eigenvalue weighted by molar-refractivity contribution is -0.168. The van der Waals surface area contributed by atoms with Crippen molar-refractivity contribution in [2.24, 2.45) is 22.3 Å². The first-order valence-electron chi connectivity index (χ1n) is 8.00. The summed E-state index contributed by atoms with van der Waals surface area (Å²) in [6, 6.07) is 0. The van der Waals surface area contributed by atoms with Crippen LogP contribution in [0.25, 0.3) is 0 Å². The van der Waals surface area contributed by atoms with Gasteiger partial charge in [0.2, 0.25) is 0 Å². The van der Waals surface area contributed by atoms with Crippen molar-refractivity contribution >= 4 is 11.9 Å². The Bertz CT molecular complexity index is 361. The molecule has 21 heavy (non-hydrogen) atoms. The molecule has 5 heteroatoms. The average molecular weight is 298 g/mol. The second-order valence-corrected chi connectivity index (χ2v) is 6.98. The van der Waals surface area contributed by atoms with E-state index in [2.05, 4.69) is 0 Å². The Morgan fingerprint density at radius 2 is 1.76 bits per heavy atom. The summed E-state index contributed by atoms with van der Waals surface area (Å²) in [6.45, 7) is 4.59. The van der Waals surface area contributed by atoms with Gasteiger partial charge in [-0.15, -0.1) is 0 Å². The average Bonchev–Trinajstić information content (AvgIpc) is 2.45. The van der Waals surface area contributed by atoms with E-state index < -0.39 is 17.4 Å². The first kappa shape index (κ1) is 18.1. The molecule has 1 fully saturated rings. The molecule has 0 amide bonds. The molecular formula is C16H30N2O3. The highest BCUT2D eigenvalue weighted by molar-refractivity contribution is 5.88. The van der Waals surface area contributed by atoms with Crippen molar-refractivity contribution in [1.82, 2.24) is 0 Å². The molecule has 1 aliphatic rings. The van der Waals surface area contributed by atoms with Gasteiger partial charge in [-0.2, -0.15) is 0 Å². The Hall–Kier alpha value is -0.940. The largest absolute Gasteiger partial charge is 0.393 e. The third kappa shape index (κ3) is 5.40. The lowest BCUT2D eigenvalue weighted by Crippen LogP contribution is -2.37. The fourth-order valence-corrected chi connectivity index (χ4v) is 2.98. The Morgan fingerprint density at radius 1 is 1.14 bits per heavy atom. The molecule has 0 aromatic heterocycles. The number of nitrogens with two attached hydrogens (primary N) is 2. The fraction of sp³-hybridized carbons (Fsp3) is 0.875. The van der Waals surface area contributed by atoms with Gasteiger partial charge in [0.15, 0.2) is 0 Å². The van der Waals surface area contributed by atoms with Crippen molar-refractivity contribution in [3.05, 3.63) is 0 Å². The standard InChI is InChI=1S/C16H30N2O3/c1-15(2,7-6-10-17)14(20)21-13(19)11-16(12-18)8-4-3-5-9-16/h3-12,17-18H2,1-2H3. The molecule has 0 aromatic rings. The van der Waals surface area contributed by atoms with Gasteiger partial charge in [0, 0.05) is 0 Å². The van der Waals surface area contributed by atoms with Crippen LogP contribution in [0.5, 0.6) is 0 Å². The molecule has 4 N–H and O–H groups in total. The molecule has 122 valence electrons. The van der Waals surface area contributed by atoms with Crippen LogP contribution in [-0.4, -0.2) is 25.0 Å². The van der Waals surface area contributed by atoms with Crippen LogP contribution >= 0.6 is 0 Å². The molecule has 1 saturated carbocycles. The summed E-state index contributed by atoms with van der Waals surface area (Å²) in [7, 11) is 0. The maximum absolute atomic E-state index is 12.1. The smallest absolute Gasteiger partial charge is 0.319 e. The van der Waals surface area contributed by atoms with Gasteiger partial charge in [-0.1, -0.05) is 19.3 Å². The zero-order valence-corrected chi connectivity index (χ0v) is 13.5. The van der Waals surface area contributed by atoms with Gasteiger partial charge < -0.3 is 16.2 Å². The topological polar surface area (TPSA) is 95.4 Å². The summed E-state index contributed by atoms with van der Waals surface area (Å²) in [4.78, 5) is 24.2. The normalized spacial score (nSPS) is 18.3. The predicted octanol–water partition coefficient (Wildman–Crippen LogP) is 2.12. The van der Waals surface area contributed by atoms with E-state index in [-0.39, 0.29) is 11.8 Å². The Kier molecular flexibility index (Phi) is 6.81. The zero-order valence-electron chi connectivity index (χ0n) is 13.5. The van der Waals surface area contributed by atoms with Gasteiger partial charge >= 0.3 is 11.9 Å². The van der Waals surface area contributed by atoms with Gasteiger partial charge in [0.05, 0.1) is 11.8 Å². The maximum atomic E-state index is 12.1. The monoisotopic (exact) mass is 298 g/mol. The first-order valence-corrected chi connectivity index (χ1v) is 8.00. The van der Waals surface area contributed by atoms with E-state index in [4.69, 9.17) is 16.2 Å². The van der Waals surface area contributed by atoms with Crippen LogP contribution in [0.3, 0.4) is 0 Å². The summed E-state index contributed by atoms with van der Waals surface area (Å²) in [5.74, 6) is -0.892. The third-order valence-corrected chi connectivity index (χ3v) is 4.63. The van der Waals surface area contributed by atoms with Crippen LogP contribution in [0.4, 0.5) is 0 Å². The summed E-state index contributed by atoms with van der Waals surface area (Å²) in [6.07, 6.45) is 6.90. The van der Waals surface area contributed by atoms with E-state index in [1.807, 2.05) is 0 Å². The van der Waals surface area contributed by atoms with E-state index in [1.54, 1.807) is 13.8 Å². The molecule has 1 aliphatic carbocycles. The lowest BCUT2D eigenvalue weighted by atomic mass is 9.72. The van der Waals surface area contributed by atoms with Gasteiger partial charge in [0.1, 0.15) is 0 Å². The number of hydrogen-bond acceptors (Lipinski definition) is 5. The Labute approximate surface area is 127 Å². The Balaban J connectivity index is 2.53. The molecular weight excluding hydrogens is 268 g/mol. The van der Waals surface area contributed by atoms with Crippen molar-refractivity contribution in [2.75, 3.05) is 13.1 Å². The Morgan fingerprint density at radius 3 is 2.29 bits per heavy atom.